The number of hydrogen-bond donors (Lipinski definition) is 1. The average molecular weight is 243 g/mol. The van der Waals surface area contributed by atoms with Crippen LogP contribution in [0.1, 0.15) is 53.2 Å². The molecule has 0 radical (unpaired) electrons. The van der Waals surface area contributed by atoms with Gasteiger partial charge in [0.1, 0.15) is 16.0 Å². The van der Waals surface area contributed by atoms with Crippen LogP contribution in [0.15, 0.2) is 0 Å². The van der Waals surface area contributed by atoms with Crippen LogP contribution < -0.4 is 0 Å². The van der Waals surface area contributed by atoms with Gasteiger partial charge in [0.05, 0.1) is 5.69 Å². The maximum Gasteiger partial charge on any atom is 0.347 e. The molecule has 1 N–H and O–H groups in total. The molecular formula is C11H17NO3S. The fourth-order valence-corrected chi connectivity index (χ4v) is 2.64. The van der Waals surface area contributed by atoms with Crippen LogP contribution in [0.5, 0.6) is 0 Å². The largest absolute Gasteiger partial charge is 0.477 e. The number of thiazole rings is 1. The maximum atomic E-state index is 11.0. The van der Waals surface area contributed by atoms with Gasteiger partial charge in [-0.2, -0.15) is 0 Å². The first-order valence-electron chi connectivity index (χ1n) is 5.39. The van der Waals surface area contributed by atoms with E-state index in [9.17, 15) is 4.79 Å². The quantitative estimate of drug-likeness (QED) is 0.834. The standard InChI is InChI=1S/C11H17NO3S/c1-4-6-7-9(11(13)14)16-10(12-7)8(5-2)15-3/h8H,4-6H2,1-3H3,(H,13,14). The highest BCUT2D eigenvalue weighted by Crippen LogP contribution is 2.28. The van der Waals surface area contributed by atoms with Gasteiger partial charge >= 0.3 is 5.97 Å². The van der Waals surface area contributed by atoms with E-state index in [1.807, 2.05) is 13.8 Å². The van der Waals surface area contributed by atoms with Crippen LogP contribution in [-0.2, 0) is 11.2 Å². The summed E-state index contributed by atoms with van der Waals surface area (Å²) in [4.78, 5) is 15.8. The van der Waals surface area contributed by atoms with Crippen LogP contribution in [0.3, 0.4) is 0 Å². The highest BCUT2D eigenvalue weighted by atomic mass is 32.1. The lowest BCUT2D eigenvalue weighted by molar-refractivity contribution is 0.0700. The summed E-state index contributed by atoms with van der Waals surface area (Å²) in [5.41, 5.74) is 0.686. The van der Waals surface area contributed by atoms with Crippen molar-refractivity contribution in [2.45, 2.75) is 39.2 Å². The molecule has 1 aromatic rings. The van der Waals surface area contributed by atoms with Crippen LogP contribution in [0.25, 0.3) is 0 Å². The van der Waals surface area contributed by atoms with E-state index in [0.717, 1.165) is 17.8 Å². The van der Waals surface area contributed by atoms with E-state index in [-0.39, 0.29) is 6.10 Å². The zero-order valence-corrected chi connectivity index (χ0v) is 10.6. The lowest BCUT2D eigenvalue weighted by atomic mass is 10.2. The molecule has 16 heavy (non-hydrogen) atoms. The molecule has 90 valence electrons. The molecule has 0 aliphatic rings. The first-order chi connectivity index (χ1) is 7.63. The van der Waals surface area contributed by atoms with Gasteiger partial charge in [0.15, 0.2) is 0 Å². The Balaban J connectivity index is 3.04. The number of rotatable bonds is 6. The van der Waals surface area contributed by atoms with Crippen LogP contribution in [0.2, 0.25) is 0 Å². The summed E-state index contributed by atoms with van der Waals surface area (Å²) < 4.78 is 5.27. The number of aryl methyl sites for hydroxylation is 1. The predicted molar refractivity (Wildman–Crippen MR) is 63.1 cm³/mol. The fourth-order valence-electron chi connectivity index (χ4n) is 1.52. The molecule has 1 heterocycles. The van der Waals surface area contributed by atoms with Crippen molar-refractivity contribution in [1.82, 2.24) is 4.98 Å². The van der Waals surface area contributed by atoms with Crippen LogP contribution in [0, 0.1) is 0 Å². The van der Waals surface area contributed by atoms with Gasteiger partial charge in [0, 0.05) is 7.11 Å². The molecule has 0 saturated carbocycles. The van der Waals surface area contributed by atoms with Gasteiger partial charge in [0.25, 0.3) is 0 Å². The van der Waals surface area contributed by atoms with E-state index in [0.29, 0.717) is 17.0 Å². The second kappa shape index (κ2) is 5.96. The highest BCUT2D eigenvalue weighted by Gasteiger charge is 2.20. The Morgan fingerprint density at radius 2 is 2.25 bits per heavy atom. The Morgan fingerprint density at radius 1 is 1.56 bits per heavy atom. The molecule has 0 aromatic carbocycles. The van der Waals surface area contributed by atoms with Gasteiger partial charge in [-0.15, -0.1) is 11.3 Å². The monoisotopic (exact) mass is 243 g/mol. The number of nitrogens with zero attached hydrogens (tertiary/aromatic N) is 1. The minimum Gasteiger partial charge on any atom is -0.477 e. The molecule has 0 saturated heterocycles. The summed E-state index contributed by atoms with van der Waals surface area (Å²) in [5.74, 6) is -0.891. The molecule has 0 spiro atoms. The van der Waals surface area contributed by atoms with E-state index >= 15 is 0 Å². The molecule has 0 aliphatic carbocycles. The summed E-state index contributed by atoms with van der Waals surface area (Å²) in [6.45, 7) is 4.01. The second-order valence-electron chi connectivity index (χ2n) is 3.52. The van der Waals surface area contributed by atoms with Crippen molar-refractivity contribution in [1.29, 1.82) is 0 Å². The Kier molecular flexibility index (Phi) is 4.89. The van der Waals surface area contributed by atoms with E-state index in [2.05, 4.69) is 4.98 Å². The molecule has 0 fully saturated rings. The lowest BCUT2D eigenvalue weighted by Crippen LogP contribution is -2.00. The van der Waals surface area contributed by atoms with E-state index in [1.165, 1.54) is 11.3 Å². The van der Waals surface area contributed by atoms with Crippen molar-refractivity contribution in [3.63, 3.8) is 0 Å². The van der Waals surface area contributed by atoms with E-state index in [4.69, 9.17) is 9.84 Å². The summed E-state index contributed by atoms with van der Waals surface area (Å²) in [7, 11) is 1.62. The maximum absolute atomic E-state index is 11.0. The zero-order valence-electron chi connectivity index (χ0n) is 9.82. The van der Waals surface area contributed by atoms with Gasteiger partial charge in [0.2, 0.25) is 0 Å². The van der Waals surface area contributed by atoms with Crippen LogP contribution >= 0.6 is 11.3 Å². The Labute approximate surface area is 99.3 Å². The molecule has 0 bridgehead atoms. The molecular weight excluding hydrogens is 226 g/mol. The number of carboxylic acids is 1. The normalized spacial score (nSPS) is 12.7. The lowest BCUT2D eigenvalue weighted by Gasteiger charge is -2.08. The van der Waals surface area contributed by atoms with Crippen molar-refractivity contribution in [3.05, 3.63) is 15.6 Å². The van der Waals surface area contributed by atoms with Crippen LogP contribution in [-0.4, -0.2) is 23.2 Å². The number of methoxy groups -OCH3 is 1. The minimum atomic E-state index is -0.891. The molecule has 4 nitrogen and oxygen atoms in total. The number of carboxylic acid groups (broad SMARTS) is 1. The number of aromatic carboxylic acids is 1. The number of aromatic nitrogens is 1. The molecule has 1 rings (SSSR count). The average Bonchev–Trinajstić information content (AvgIpc) is 2.65. The predicted octanol–water partition coefficient (Wildman–Crippen LogP) is 2.89. The Hall–Kier alpha value is -0.940. The zero-order chi connectivity index (χ0) is 12.1. The molecule has 1 atom stereocenters. The SMILES string of the molecule is CCCc1nc(C(CC)OC)sc1C(=O)O. The third-order valence-corrected chi connectivity index (χ3v) is 3.50. The number of carbonyl (C=O) groups is 1. The second-order valence-corrected chi connectivity index (χ2v) is 4.55. The first-order valence-corrected chi connectivity index (χ1v) is 6.21. The van der Waals surface area contributed by atoms with Gasteiger partial charge in [-0.3, -0.25) is 0 Å². The van der Waals surface area contributed by atoms with Gasteiger partial charge in [-0.05, 0) is 12.8 Å². The first kappa shape index (κ1) is 13.1. The van der Waals surface area contributed by atoms with E-state index in [1.54, 1.807) is 7.11 Å². The number of ether oxygens (including phenoxy) is 1. The fraction of sp³-hybridized carbons (Fsp3) is 0.636. The van der Waals surface area contributed by atoms with Crippen molar-refractivity contribution >= 4 is 17.3 Å². The van der Waals surface area contributed by atoms with Gasteiger partial charge in [-0.1, -0.05) is 20.3 Å². The highest BCUT2D eigenvalue weighted by molar-refractivity contribution is 7.13. The molecule has 1 unspecified atom stereocenters. The summed E-state index contributed by atoms with van der Waals surface area (Å²) in [6.07, 6.45) is 2.31. The van der Waals surface area contributed by atoms with E-state index < -0.39 is 5.97 Å². The summed E-state index contributed by atoms with van der Waals surface area (Å²) in [6, 6.07) is 0. The Morgan fingerprint density at radius 3 is 2.69 bits per heavy atom. The number of hydrogen-bond acceptors (Lipinski definition) is 4. The van der Waals surface area contributed by atoms with Gasteiger partial charge in [-0.25, -0.2) is 9.78 Å². The summed E-state index contributed by atoms with van der Waals surface area (Å²) >= 11 is 1.23. The molecule has 0 amide bonds. The Bertz CT molecular complexity index is 358. The smallest absolute Gasteiger partial charge is 0.347 e. The third-order valence-electron chi connectivity index (χ3n) is 2.33. The molecule has 0 aliphatic heterocycles. The summed E-state index contributed by atoms with van der Waals surface area (Å²) in [5, 5.41) is 9.83. The topological polar surface area (TPSA) is 59.4 Å². The van der Waals surface area contributed by atoms with Crippen molar-refractivity contribution in [3.8, 4) is 0 Å². The minimum absolute atomic E-state index is 0.0892. The van der Waals surface area contributed by atoms with Crippen molar-refractivity contribution in [2.24, 2.45) is 0 Å². The third kappa shape index (κ3) is 2.80. The van der Waals surface area contributed by atoms with Crippen molar-refractivity contribution in [2.75, 3.05) is 7.11 Å². The van der Waals surface area contributed by atoms with Crippen molar-refractivity contribution < 1.29 is 14.6 Å². The molecule has 5 heteroatoms. The molecule has 1 aromatic heterocycles. The van der Waals surface area contributed by atoms with Gasteiger partial charge < -0.3 is 9.84 Å². The van der Waals surface area contributed by atoms with Crippen LogP contribution in [0.4, 0.5) is 0 Å².